The first-order chi connectivity index (χ1) is 20.7. The van der Waals surface area contributed by atoms with Crippen LogP contribution in [0.15, 0.2) is 45.3 Å². The van der Waals surface area contributed by atoms with Crippen molar-refractivity contribution in [3.63, 3.8) is 0 Å². The van der Waals surface area contributed by atoms with Gasteiger partial charge in [-0.3, -0.25) is 19.6 Å². The fraction of sp³-hybridized carbons (Fsp3) is 0.625. The van der Waals surface area contributed by atoms with Crippen molar-refractivity contribution in [1.29, 1.82) is 0 Å². The Morgan fingerprint density at radius 3 is 0.833 bits per heavy atom. The van der Waals surface area contributed by atoms with Gasteiger partial charge in [0.05, 0.1) is 52.9 Å². The fourth-order valence-electron chi connectivity index (χ4n) is 5.76. The minimum atomic E-state index is 0.852. The molecule has 4 aliphatic heterocycles. The third-order valence-electron chi connectivity index (χ3n) is 8.31. The number of rotatable bonds is 8. The smallest absolute Gasteiger partial charge is 0.0594 e. The Labute approximate surface area is 268 Å². The Morgan fingerprint density at radius 1 is 0.405 bits per heavy atom. The Morgan fingerprint density at radius 2 is 0.619 bits per heavy atom. The van der Waals surface area contributed by atoms with E-state index in [4.69, 9.17) is 18.9 Å². The van der Waals surface area contributed by atoms with Gasteiger partial charge in [-0.15, -0.1) is 0 Å². The van der Waals surface area contributed by atoms with Crippen LogP contribution in [0.5, 0.6) is 0 Å². The molecule has 4 heterocycles. The van der Waals surface area contributed by atoms with Crippen molar-refractivity contribution < 1.29 is 18.9 Å². The normalized spacial score (nSPS) is 21.6. The number of nitrogens with zero attached hydrogens (tertiary/aromatic N) is 4. The lowest BCUT2D eigenvalue weighted by Gasteiger charge is -2.29. The maximum absolute atomic E-state index is 5.42. The zero-order chi connectivity index (χ0) is 29.0. The molecule has 232 valence electrons. The van der Waals surface area contributed by atoms with E-state index in [-0.39, 0.29) is 0 Å². The lowest BCUT2D eigenvalue weighted by atomic mass is 10.1. The summed E-state index contributed by atoms with van der Waals surface area (Å²) in [4.78, 5) is 9.84. The summed E-state index contributed by atoms with van der Waals surface area (Å²) in [6.45, 7) is 19.0. The average molecular weight is 711 g/mol. The maximum atomic E-state index is 5.42. The summed E-state index contributed by atoms with van der Waals surface area (Å²) in [5.41, 5.74) is 5.51. The van der Waals surface area contributed by atoms with Gasteiger partial charge in [-0.1, -0.05) is 68.3 Å². The van der Waals surface area contributed by atoms with E-state index in [1.165, 1.54) is 31.2 Å². The molecule has 0 atom stereocenters. The molecule has 0 N–H and O–H groups in total. The number of halogens is 2. The van der Waals surface area contributed by atoms with E-state index in [9.17, 15) is 0 Å². The van der Waals surface area contributed by atoms with Gasteiger partial charge in [0, 0.05) is 87.5 Å². The van der Waals surface area contributed by atoms with Crippen LogP contribution in [0.3, 0.4) is 0 Å². The number of hydrogen-bond acceptors (Lipinski definition) is 8. The third-order valence-corrected chi connectivity index (χ3v) is 10.3. The second kappa shape index (κ2) is 17.5. The topological polar surface area (TPSA) is 49.9 Å². The summed E-state index contributed by atoms with van der Waals surface area (Å²) in [5.74, 6) is 0. The van der Waals surface area contributed by atoms with Crippen molar-refractivity contribution in [1.82, 2.24) is 19.6 Å². The van der Waals surface area contributed by atoms with E-state index in [0.717, 1.165) is 131 Å². The molecular weight excluding hydrogens is 664 g/mol. The highest BCUT2D eigenvalue weighted by Crippen LogP contribution is 2.26. The summed E-state index contributed by atoms with van der Waals surface area (Å²) in [6, 6.07) is 13.3. The molecule has 0 aliphatic carbocycles. The largest absolute Gasteiger partial charge is 0.379 e. The molecule has 0 amide bonds. The Bertz CT molecular complexity index is 924. The molecule has 0 radical (unpaired) electrons. The van der Waals surface area contributed by atoms with Crippen molar-refractivity contribution in [2.75, 3.05) is 105 Å². The molecule has 42 heavy (non-hydrogen) atoms. The van der Waals surface area contributed by atoms with E-state index in [1.807, 2.05) is 0 Å². The molecule has 10 heteroatoms. The van der Waals surface area contributed by atoms with E-state index < -0.39 is 0 Å². The molecule has 4 aliphatic rings. The van der Waals surface area contributed by atoms with Crippen LogP contribution in [0.2, 0.25) is 0 Å². The Hall–Kier alpha value is -0.920. The molecule has 8 nitrogen and oxygen atoms in total. The highest BCUT2D eigenvalue weighted by molar-refractivity contribution is 9.10. The van der Waals surface area contributed by atoms with Gasteiger partial charge in [0.25, 0.3) is 0 Å². The molecule has 0 bridgehead atoms. The van der Waals surface area contributed by atoms with Gasteiger partial charge >= 0.3 is 0 Å². The first kappa shape index (κ1) is 32.5. The maximum Gasteiger partial charge on any atom is 0.0594 e. The van der Waals surface area contributed by atoms with Crippen LogP contribution < -0.4 is 0 Å². The predicted molar refractivity (Wildman–Crippen MR) is 173 cm³/mol. The zero-order valence-corrected chi connectivity index (χ0v) is 28.0. The Balaban J connectivity index is 0.000000168. The molecule has 4 fully saturated rings. The summed E-state index contributed by atoms with van der Waals surface area (Å²) in [7, 11) is 0. The van der Waals surface area contributed by atoms with Gasteiger partial charge < -0.3 is 18.9 Å². The second-order valence-electron chi connectivity index (χ2n) is 11.3. The minimum absolute atomic E-state index is 0.852. The average Bonchev–Trinajstić information content (AvgIpc) is 3.04. The molecule has 0 spiro atoms. The van der Waals surface area contributed by atoms with Crippen molar-refractivity contribution >= 4 is 31.9 Å². The van der Waals surface area contributed by atoms with E-state index >= 15 is 0 Å². The summed E-state index contributed by atoms with van der Waals surface area (Å²) in [6.07, 6.45) is 0. The zero-order valence-electron chi connectivity index (χ0n) is 24.8. The lowest BCUT2D eigenvalue weighted by Crippen LogP contribution is -2.36. The highest BCUT2D eigenvalue weighted by Gasteiger charge is 2.18. The molecule has 0 unspecified atom stereocenters. The number of hydrogen-bond donors (Lipinski definition) is 0. The molecular formula is C32H46Br2N4O4. The van der Waals surface area contributed by atoms with Crippen LogP contribution in [0.1, 0.15) is 22.3 Å². The van der Waals surface area contributed by atoms with E-state index in [2.05, 4.69) is 87.9 Å². The summed E-state index contributed by atoms with van der Waals surface area (Å²) < 4.78 is 24.2. The monoisotopic (exact) mass is 708 g/mol. The van der Waals surface area contributed by atoms with Crippen molar-refractivity contribution in [3.05, 3.63) is 67.6 Å². The predicted octanol–water partition coefficient (Wildman–Crippen LogP) is 4.23. The molecule has 0 saturated carbocycles. The van der Waals surface area contributed by atoms with Crippen LogP contribution in [0, 0.1) is 0 Å². The van der Waals surface area contributed by atoms with E-state index in [0.29, 0.717) is 0 Å². The van der Waals surface area contributed by atoms with Crippen molar-refractivity contribution in [2.45, 2.75) is 26.2 Å². The fourth-order valence-corrected chi connectivity index (χ4v) is 6.79. The second-order valence-corrected chi connectivity index (χ2v) is 12.9. The number of benzene rings is 2. The quantitative estimate of drug-likeness (QED) is 0.404. The van der Waals surface area contributed by atoms with Gasteiger partial charge in [-0.25, -0.2) is 0 Å². The van der Waals surface area contributed by atoms with Crippen LogP contribution in [0.4, 0.5) is 0 Å². The molecule has 6 rings (SSSR count). The van der Waals surface area contributed by atoms with Crippen LogP contribution in [-0.2, 0) is 45.1 Å². The van der Waals surface area contributed by atoms with Gasteiger partial charge in [-0.05, 0) is 22.3 Å². The number of morpholine rings is 4. The first-order valence-electron chi connectivity index (χ1n) is 15.4. The third kappa shape index (κ3) is 10.1. The summed E-state index contributed by atoms with van der Waals surface area (Å²) >= 11 is 7.64. The van der Waals surface area contributed by atoms with E-state index in [1.54, 1.807) is 0 Å². The van der Waals surface area contributed by atoms with Crippen molar-refractivity contribution in [3.8, 4) is 0 Å². The summed E-state index contributed by atoms with van der Waals surface area (Å²) in [5, 5.41) is 0. The molecule has 2 aromatic rings. The highest BCUT2D eigenvalue weighted by atomic mass is 79.9. The van der Waals surface area contributed by atoms with Crippen LogP contribution >= 0.6 is 31.9 Å². The van der Waals surface area contributed by atoms with Gasteiger partial charge in [0.15, 0.2) is 0 Å². The van der Waals surface area contributed by atoms with Gasteiger partial charge in [0.2, 0.25) is 0 Å². The minimum Gasteiger partial charge on any atom is -0.379 e. The van der Waals surface area contributed by atoms with Crippen molar-refractivity contribution in [2.24, 2.45) is 0 Å². The van der Waals surface area contributed by atoms with Crippen LogP contribution in [-0.4, -0.2) is 125 Å². The van der Waals surface area contributed by atoms with Gasteiger partial charge in [-0.2, -0.15) is 0 Å². The molecule has 2 aromatic carbocycles. The Kier molecular flexibility index (Phi) is 13.6. The number of ether oxygens (including phenoxy) is 4. The first-order valence-corrected chi connectivity index (χ1v) is 17.0. The van der Waals surface area contributed by atoms with Gasteiger partial charge in [0.1, 0.15) is 0 Å². The molecule has 4 saturated heterocycles. The lowest BCUT2D eigenvalue weighted by molar-refractivity contribution is 0.0331. The standard InChI is InChI=1S/2C16H23BrN2O2/c2*17-16-14(12-18-4-8-20-9-5-18)2-1-3-15(16)13-19-6-10-21-11-7-19/h2*1-3H,4-13H2. The SMILES string of the molecule is Brc1c(CN2CCOCC2)cccc1CN1CCOCC1.Brc1c(CN2CCOCC2)cccc1CN1CCOCC1. The molecule has 0 aromatic heterocycles. The van der Waals surface area contributed by atoms with Crippen LogP contribution in [0.25, 0.3) is 0 Å².